The first-order valence-corrected chi connectivity index (χ1v) is 10.6. The van der Waals surface area contributed by atoms with E-state index in [4.69, 9.17) is 9.15 Å². The molecule has 0 aliphatic heterocycles. The number of alkyl halides is 3. The van der Waals surface area contributed by atoms with Crippen LogP contribution in [0.25, 0.3) is 34.0 Å². The van der Waals surface area contributed by atoms with Crippen LogP contribution >= 0.6 is 0 Å². The van der Waals surface area contributed by atoms with Crippen LogP contribution in [0.4, 0.5) is 13.2 Å². The molecule has 0 atom stereocenters. The SMILES string of the molecule is O=C(COC(=O)C=Cc1cn(-c2ccccc2)nc1-c1cc2ccccc2oc1=O)NCC(F)(F)F. The van der Waals surface area contributed by atoms with Gasteiger partial charge >= 0.3 is 17.8 Å². The average Bonchev–Trinajstić information content (AvgIpc) is 3.28. The maximum atomic E-state index is 12.7. The first-order chi connectivity index (χ1) is 17.2. The number of halogens is 3. The largest absolute Gasteiger partial charge is 0.452 e. The minimum absolute atomic E-state index is 0.155. The van der Waals surface area contributed by atoms with Gasteiger partial charge in [0, 0.05) is 23.2 Å². The highest BCUT2D eigenvalue weighted by atomic mass is 19.4. The zero-order valence-corrected chi connectivity index (χ0v) is 18.5. The van der Waals surface area contributed by atoms with Gasteiger partial charge in [0.2, 0.25) is 0 Å². The summed E-state index contributed by atoms with van der Waals surface area (Å²) in [5.74, 6) is -2.07. The first kappa shape index (κ1) is 24.5. The van der Waals surface area contributed by atoms with Crippen LogP contribution in [0.15, 0.2) is 82.1 Å². The van der Waals surface area contributed by atoms with Gasteiger partial charge < -0.3 is 14.5 Å². The topological polar surface area (TPSA) is 103 Å². The van der Waals surface area contributed by atoms with E-state index >= 15 is 0 Å². The van der Waals surface area contributed by atoms with Crippen LogP contribution in [0.3, 0.4) is 0 Å². The predicted molar refractivity (Wildman–Crippen MR) is 124 cm³/mol. The second kappa shape index (κ2) is 10.3. The number of esters is 1. The molecule has 0 spiro atoms. The third kappa shape index (κ3) is 6.06. The zero-order valence-electron chi connectivity index (χ0n) is 18.5. The van der Waals surface area contributed by atoms with Crippen molar-refractivity contribution in [3.63, 3.8) is 0 Å². The van der Waals surface area contributed by atoms with Crippen molar-refractivity contribution in [2.45, 2.75) is 6.18 Å². The molecule has 0 fully saturated rings. The maximum Gasteiger partial charge on any atom is 0.405 e. The quantitative estimate of drug-likeness (QED) is 0.236. The van der Waals surface area contributed by atoms with Crippen molar-refractivity contribution in [1.29, 1.82) is 0 Å². The molecule has 0 bridgehead atoms. The molecule has 0 aliphatic rings. The lowest BCUT2D eigenvalue weighted by Gasteiger charge is -2.07. The Hall–Kier alpha value is -4.67. The number of para-hydroxylation sites is 2. The number of nitrogens with zero attached hydrogens (tertiary/aromatic N) is 2. The molecule has 8 nitrogen and oxygen atoms in total. The Balaban J connectivity index is 1.61. The fraction of sp³-hybridized carbons (Fsp3) is 0.120. The lowest BCUT2D eigenvalue weighted by molar-refractivity contribution is -0.148. The normalized spacial score (nSPS) is 11.6. The molecule has 2 heterocycles. The van der Waals surface area contributed by atoms with E-state index in [1.165, 1.54) is 10.8 Å². The number of rotatable bonds is 7. The summed E-state index contributed by atoms with van der Waals surface area (Å²) in [5, 5.41) is 6.77. The number of amides is 1. The maximum absolute atomic E-state index is 12.7. The lowest BCUT2D eigenvalue weighted by atomic mass is 10.1. The molecular formula is C25H18F3N3O5. The molecular weight excluding hydrogens is 479 g/mol. The number of hydrogen-bond acceptors (Lipinski definition) is 6. The van der Waals surface area contributed by atoms with E-state index in [0.717, 1.165) is 6.08 Å². The van der Waals surface area contributed by atoms with Gasteiger partial charge in [-0.3, -0.25) is 4.79 Å². The summed E-state index contributed by atoms with van der Waals surface area (Å²) < 4.78 is 48.1. The average molecular weight is 497 g/mol. The summed E-state index contributed by atoms with van der Waals surface area (Å²) in [7, 11) is 0. The number of aromatic nitrogens is 2. The van der Waals surface area contributed by atoms with Crippen LogP contribution in [-0.4, -0.2) is 41.0 Å². The number of carbonyl (C=O) groups excluding carboxylic acids is 2. The smallest absolute Gasteiger partial charge is 0.405 e. The van der Waals surface area contributed by atoms with Crippen molar-refractivity contribution in [3.8, 4) is 16.9 Å². The predicted octanol–water partition coefficient (Wildman–Crippen LogP) is 3.88. The van der Waals surface area contributed by atoms with Crippen LogP contribution in [0, 0.1) is 0 Å². The van der Waals surface area contributed by atoms with Gasteiger partial charge in [-0.25, -0.2) is 14.3 Å². The molecule has 0 saturated carbocycles. The van der Waals surface area contributed by atoms with Gasteiger partial charge in [-0.1, -0.05) is 36.4 Å². The van der Waals surface area contributed by atoms with Gasteiger partial charge in [0.1, 0.15) is 17.8 Å². The fourth-order valence-electron chi connectivity index (χ4n) is 3.25. The van der Waals surface area contributed by atoms with Crippen LogP contribution in [0.1, 0.15) is 5.56 Å². The molecule has 1 N–H and O–H groups in total. The van der Waals surface area contributed by atoms with Crippen LogP contribution in [-0.2, 0) is 14.3 Å². The van der Waals surface area contributed by atoms with Crippen LogP contribution in [0.5, 0.6) is 0 Å². The highest BCUT2D eigenvalue weighted by Gasteiger charge is 2.27. The number of carbonyl (C=O) groups is 2. The summed E-state index contributed by atoms with van der Waals surface area (Å²) >= 11 is 0. The summed E-state index contributed by atoms with van der Waals surface area (Å²) in [4.78, 5) is 36.2. The van der Waals surface area contributed by atoms with Crippen molar-refractivity contribution in [2.75, 3.05) is 13.2 Å². The van der Waals surface area contributed by atoms with E-state index in [9.17, 15) is 27.6 Å². The molecule has 2 aromatic heterocycles. The van der Waals surface area contributed by atoms with Crippen molar-refractivity contribution >= 4 is 28.9 Å². The van der Waals surface area contributed by atoms with Gasteiger partial charge in [-0.2, -0.15) is 18.3 Å². The Bertz CT molecular complexity index is 1490. The highest BCUT2D eigenvalue weighted by molar-refractivity contribution is 5.91. The molecule has 4 rings (SSSR count). The second-order valence-corrected chi connectivity index (χ2v) is 7.53. The number of ether oxygens (including phenoxy) is 1. The molecule has 36 heavy (non-hydrogen) atoms. The second-order valence-electron chi connectivity index (χ2n) is 7.53. The van der Waals surface area contributed by atoms with Gasteiger partial charge in [0.25, 0.3) is 5.91 Å². The Morgan fingerprint density at radius 1 is 1.08 bits per heavy atom. The van der Waals surface area contributed by atoms with E-state index in [0.29, 0.717) is 22.2 Å². The Morgan fingerprint density at radius 2 is 1.81 bits per heavy atom. The van der Waals surface area contributed by atoms with E-state index in [1.807, 2.05) is 6.07 Å². The lowest BCUT2D eigenvalue weighted by Crippen LogP contribution is -2.36. The monoisotopic (exact) mass is 497 g/mol. The third-order valence-corrected chi connectivity index (χ3v) is 4.89. The number of fused-ring (bicyclic) bond motifs is 1. The Labute approximate surface area is 201 Å². The standard InChI is InChI=1S/C25H18F3N3O5/c26-25(27,28)15-29-21(32)14-35-22(33)11-10-17-13-31(18-7-2-1-3-8-18)30-23(17)19-12-16-6-4-5-9-20(16)36-24(19)34/h1-13H,14-15H2,(H,29,32). The van der Waals surface area contributed by atoms with Crippen molar-refractivity contribution in [3.05, 3.63) is 88.9 Å². The zero-order chi connectivity index (χ0) is 25.7. The van der Waals surface area contributed by atoms with Gasteiger partial charge in [0.15, 0.2) is 6.61 Å². The van der Waals surface area contributed by atoms with Gasteiger partial charge in [-0.05, 0) is 30.3 Å². The molecule has 0 unspecified atom stereocenters. The van der Waals surface area contributed by atoms with E-state index in [1.54, 1.807) is 66.1 Å². The van der Waals surface area contributed by atoms with E-state index in [-0.39, 0.29) is 11.3 Å². The minimum atomic E-state index is -4.58. The highest BCUT2D eigenvalue weighted by Crippen LogP contribution is 2.25. The molecule has 0 aliphatic carbocycles. The summed E-state index contributed by atoms with van der Waals surface area (Å²) in [5.41, 5.74) is 1.20. The third-order valence-electron chi connectivity index (χ3n) is 4.89. The van der Waals surface area contributed by atoms with Crippen LogP contribution in [0.2, 0.25) is 0 Å². The summed E-state index contributed by atoms with van der Waals surface area (Å²) in [6, 6.07) is 17.6. The van der Waals surface area contributed by atoms with Crippen molar-refractivity contribution in [1.82, 2.24) is 15.1 Å². The van der Waals surface area contributed by atoms with Gasteiger partial charge in [0.05, 0.1) is 11.3 Å². The first-order valence-electron chi connectivity index (χ1n) is 10.6. The Kier molecular flexibility index (Phi) is 7.00. The molecule has 4 aromatic rings. The van der Waals surface area contributed by atoms with E-state index in [2.05, 4.69) is 5.10 Å². The van der Waals surface area contributed by atoms with E-state index < -0.39 is 36.8 Å². The minimum Gasteiger partial charge on any atom is -0.452 e. The number of nitrogens with one attached hydrogen (secondary N) is 1. The molecule has 2 aromatic carbocycles. The fourth-order valence-corrected chi connectivity index (χ4v) is 3.25. The number of benzene rings is 2. The molecule has 1 amide bonds. The number of hydrogen-bond donors (Lipinski definition) is 1. The van der Waals surface area contributed by atoms with Crippen molar-refractivity contribution < 1.29 is 31.9 Å². The molecule has 184 valence electrons. The van der Waals surface area contributed by atoms with Crippen LogP contribution < -0.4 is 10.9 Å². The molecule has 11 heteroatoms. The summed E-state index contributed by atoms with van der Waals surface area (Å²) in [6.45, 7) is -2.42. The summed E-state index contributed by atoms with van der Waals surface area (Å²) in [6.07, 6.45) is -0.689. The molecule has 0 radical (unpaired) electrons. The molecule has 0 saturated heterocycles. The Morgan fingerprint density at radius 3 is 2.56 bits per heavy atom. The van der Waals surface area contributed by atoms with Gasteiger partial charge in [-0.15, -0.1) is 0 Å². The van der Waals surface area contributed by atoms with Crippen molar-refractivity contribution in [2.24, 2.45) is 0 Å².